The second-order valence-electron chi connectivity index (χ2n) is 5.42. The number of nitrogens with zero attached hydrogens (tertiary/aromatic N) is 1. The van der Waals surface area contributed by atoms with Crippen LogP contribution in [0.25, 0.3) is 0 Å². The van der Waals surface area contributed by atoms with E-state index in [4.69, 9.17) is 4.74 Å². The van der Waals surface area contributed by atoms with Crippen LogP contribution in [0.1, 0.15) is 45.1 Å². The molecule has 0 saturated heterocycles. The van der Waals surface area contributed by atoms with Crippen LogP contribution >= 0.6 is 0 Å². The van der Waals surface area contributed by atoms with E-state index in [-0.39, 0.29) is 0 Å². The normalized spacial score (nSPS) is 14.4. The smallest absolute Gasteiger partial charge is 0.191 e. The Morgan fingerprint density at radius 3 is 2.43 bits per heavy atom. The predicted octanol–water partition coefficient (Wildman–Crippen LogP) is 3.15. The van der Waals surface area contributed by atoms with Crippen LogP contribution in [0.15, 0.2) is 29.3 Å². The fraction of sp³-hybridized carbons (Fsp3) is 0.588. The van der Waals surface area contributed by atoms with Gasteiger partial charge in [-0.15, -0.1) is 0 Å². The number of benzene rings is 1. The predicted molar refractivity (Wildman–Crippen MR) is 90.3 cm³/mol. The van der Waals surface area contributed by atoms with Crippen LogP contribution in [-0.4, -0.2) is 32.7 Å². The van der Waals surface area contributed by atoms with Crippen molar-refractivity contribution < 1.29 is 4.74 Å². The summed E-state index contributed by atoms with van der Waals surface area (Å²) in [6.45, 7) is 7.47. The zero-order valence-corrected chi connectivity index (χ0v) is 13.9. The van der Waals surface area contributed by atoms with Gasteiger partial charge in [0.1, 0.15) is 5.75 Å². The van der Waals surface area contributed by atoms with Crippen molar-refractivity contribution in [2.75, 3.05) is 20.7 Å². The summed E-state index contributed by atoms with van der Waals surface area (Å²) >= 11 is 0. The highest BCUT2D eigenvalue weighted by Crippen LogP contribution is 2.21. The van der Waals surface area contributed by atoms with E-state index in [9.17, 15) is 0 Å². The van der Waals surface area contributed by atoms with Crippen LogP contribution in [0, 0.1) is 0 Å². The number of hydrogen-bond acceptors (Lipinski definition) is 2. The van der Waals surface area contributed by atoms with Gasteiger partial charge in [-0.2, -0.15) is 0 Å². The van der Waals surface area contributed by atoms with Crippen molar-refractivity contribution in [3.05, 3.63) is 29.8 Å². The van der Waals surface area contributed by atoms with E-state index in [0.29, 0.717) is 12.0 Å². The number of ether oxygens (including phenoxy) is 1. The molecular formula is C17H29N3O. The second kappa shape index (κ2) is 9.27. The standard InChI is InChI=1S/C17H29N3O/c1-6-14(3)20-17(18-4)19-12-11-13(2)15-7-9-16(21-5)10-8-15/h7-10,13-14H,6,11-12H2,1-5H3,(H2,18,19,20). The Morgan fingerprint density at radius 1 is 1.24 bits per heavy atom. The van der Waals surface area contributed by atoms with Crippen molar-refractivity contribution in [1.29, 1.82) is 0 Å². The molecule has 2 atom stereocenters. The molecule has 4 heteroatoms. The number of rotatable bonds is 7. The zero-order valence-electron chi connectivity index (χ0n) is 13.9. The first-order valence-electron chi connectivity index (χ1n) is 7.71. The molecule has 0 aliphatic rings. The Morgan fingerprint density at radius 2 is 1.90 bits per heavy atom. The van der Waals surface area contributed by atoms with E-state index < -0.39 is 0 Å². The summed E-state index contributed by atoms with van der Waals surface area (Å²) in [4.78, 5) is 4.25. The Balaban J connectivity index is 2.39. The molecule has 0 radical (unpaired) electrons. The van der Waals surface area contributed by atoms with Crippen molar-refractivity contribution >= 4 is 5.96 Å². The lowest BCUT2D eigenvalue weighted by Gasteiger charge is -2.18. The number of methoxy groups -OCH3 is 1. The molecule has 0 fully saturated rings. The van der Waals surface area contributed by atoms with Gasteiger partial charge in [-0.05, 0) is 43.4 Å². The van der Waals surface area contributed by atoms with E-state index in [2.05, 4.69) is 48.5 Å². The molecule has 0 aliphatic carbocycles. The molecule has 1 aromatic carbocycles. The largest absolute Gasteiger partial charge is 0.497 e. The monoisotopic (exact) mass is 291 g/mol. The number of guanidine groups is 1. The lowest BCUT2D eigenvalue weighted by atomic mass is 9.98. The fourth-order valence-electron chi connectivity index (χ4n) is 2.04. The molecule has 0 spiro atoms. The molecule has 0 amide bonds. The number of nitrogens with one attached hydrogen (secondary N) is 2. The summed E-state index contributed by atoms with van der Waals surface area (Å²) in [5.41, 5.74) is 1.34. The summed E-state index contributed by atoms with van der Waals surface area (Å²) in [5, 5.41) is 6.74. The third kappa shape index (κ3) is 6.06. The van der Waals surface area contributed by atoms with E-state index in [0.717, 1.165) is 31.1 Å². The Bertz CT molecular complexity index is 428. The van der Waals surface area contributed by atoms with Crippen molar-refractivity contribution in [1.82, 2.24) is 10.6 Å². The maximum atomic E-state index is 5.19. The van der Waals surface area contributed by atoms with Crippen molar-refractivity contribution in [3.8, 4) is 5.75 Å². The van der Waals surface area contributed by atoms with Crippen molar-refractivity contribution in [2.24, 2.45) is 4.99 Å². The van der Waals surface area contributed by atoms with Gasteiger partial charge >= 0.3 is 0 Å². The lowest BCUT2D eigenvalue weighted by molar-refractivity contribution is 0.414. The third-order valence-electron chi connectivity index (χ3n) is 3.77. The molecule has 4 nitrogen and oxygen atoms in total. The van der Waals surface area contributed by atoms with Crippen LogP contribution < -0.4 is 15.4 Å². The van der Waals surface area contributed by atoms with Gasteiger partial charge in [-0.25, -0.2) is 0 Å². The maximum absolute atomic E-state index is 5.19. The van der Waals surface area contributed by atoms with Gasteiger partial charge in [-0.3, -0.25) is 4.99 Å². The molecule has 118 valence electrons. The molecule has 0 saturated carbocycles. The summed E-state index contributed by atoms with van der Waals surface area (Å²) < 4.78 is 5.19. The molecule has 0 heterocycles. The van der Waals surface area contributed by atoms with Crippen LogP contribution in [0.4, 0.5) is 0 Å². The summed E-state index contributed by atoms with van der Waals surface area (Å²) in [6.07, 6.45) is 2.15. The van der Waals surface area contributed by atoms with Gasteiger partial charge in [0.2, 0.25) is 0 Å². The number of hydrogen-bond donors (Lipinski definition) is 2. The van der Waals surface area contributed by atoms with Crippen LogP contribution in [0.5, 0.6) is 5.75 Å². The molecule has 1 aromatic rings. The van der Waals surface area contributed by atoms with Gasteiger partial charge < -0.3 is 15.4 Å². The first-order valence-corrected chi connectivity index (χ1v) is 7.71. The molecule has 0 aliphatic heterocycles. The van der Waals surface area contributed by atoms with Crippen LogP contribution in [0.3, 0.4) is 0 Å². The first kappa shape index (κ1) is 17.3. The minimum Gasteiger partial charge on any atom is -0.497 e. The summed E-state index contributed by atoms with van der Waals surface area (Å²) in [6, 6.07) is 8.74. The molecular weight excluding hydrogens is 262 g/mol. The highest BCUT2D eigenvalue weighted by atomic mass is 16.5. The number of aliphatic imine (C=N–C) groups is 1. The third-order valence-corrected chi connectivity index (χ3v) is 3.77. The van der Waals surface area contributed by atoms with Crippen LogP contribution in [0.2, 0.25) is 0 Å². The molecule has 2 N–H and O–H groups in total. The van der Waals surface area contributed by atoms with E-state index >= 15 is 0 Å². The summed E-state index contributed by atoms with van der Waals surface area (Å²) in [7, 11) is 3.50. The highest BCUT2D eigenvalue weighted by molar-refractivity contribution is 5.79. The zero-order chi connectivity index (χ0) is 15.7. The quantitative estimate of drug-likeness (QED) is 0.599. The summed E-state index contributed by atoms with van der Waals surface area (Å²) in [5.74, 6) is 2.29. The topological polar surface area (TPSA) is 45.7 Å². The average Bonchev–Trinajstić information content (AvgIpc) is 2.53. The minimum atomic E-state index is 0.440. The van der Waals surface area contributed by atoms with Crippen LogP contribution in [-0.2, 0) is 0 Å². The highest BCUT2D eigenvalue weighted by Gasteiger charge is 2.07. The van der Waals surface area contributed by atoms with Gasteiger partial charge in [-0.1, -0.05) is 26.0 Å². The second-order valence-corrected chi connectivity index (χ2v) is 5.42. The molecule has 0 bridgehead atoms. The molecule has 0 aromatic heterocycles. The minimum absolute atomic E-state index is 0.440. The van der Waals surface area contributed by atoms with Gasteiger partial charge in [0, 0.05) is 19.6 Å². The van der Waals surface area contributed by atoms with Gasteiger partial charge in [0.05, 0.1) is 7.11 Å². The van der Waals surface area contributed by atoms with Gasteiger partial charge in [0.25, 0.3) is 0 Å². The van der Waals surface area contributed by atoms with Crippen molar-refractivity contribution in [2.45, 2.75) is 45.6 Å². The van der Waals surface area contributed by atoms with E-state index in [1.165, 1.54) is 5.56 Å². The Labute approximate surface area is 129 Å². The first-order chi connectivity index (χ1) is 10.1. The van der Waals surface area contributed by atoms with Gasteiger partial charge in [0.15, 0.2) is 5.96 Å². The van der Waals surface area contributed by atoms with E-state index in [1.807, 2.05) is 19.2 Å². The maximum Gasteiger partial charge on any atom is 0.191 e. The molecule has 21 heavy (non-hydrogen) atoms. The van der Waals surface area contributed by atoms with E-state index in [1.54, 1.807) is 7.11 Å². The average molecular weight is 291 g/mol. The fourth-order valence-corrected chi connectivity index (χ4v) is 2.04. The SMILES string of the molecule is CCC(C)NC(=NC)NCCC(C)c1ccc(OC)cc1. The lowest BCUT2D eigenvalue weighted by Crippen LogP contribution is -2.42. The Kier molecular flexibility index (Phi) is 7.65. The molecule has 1 rings (SSSR count). The van der Waals surface area contributed by atoms with Crippen molar-refractivity contribution in [3.63, 3.8) is 0 Å². The molecule has 2 unspecified atom stereocenters. The Hall–Kier alpha value is -1.71.